The zero-order valence-corrected chi connectivity index (χ0v) is 9.68. The Kier molecular flexibility index (Phi) is 6.19. The van der Waals surface area contributed by atoms with Crippen LogP contribution < -0.4 is 0 Å². The maximum Gasteiger partial charge on any atom is 0.148 e. The lowest BCUT2D eigenvalue weighted by Crippen LogP contribution is -2.22. The summed E-state index contributed by atoms with van der Waals surface area (Å²) in [6, 6.07) is 0. The molecule has 0 aromatic rings. The molecule has 0 aromatic carbocycles. The van der Waals surface area contributed by atoms with Gasteiger partial charge in [0.15, 0.2) is 0 Å². The van der Waals surface area contributed by atoms with Crippen molar-refractivity contribution in [1.82, 2.24) is 0 Å². The molecule has 0 bridgehead atoms. The summed E-state index contributed by atoms with van der Waals surface area (Å²) in [6.07, 6.45) is 1.96. The lowest BCUT2D eigenvalue weighted by molar-refractivity contribution is 0.107. The van der Waals surface area contributed by atoms with Gasteiger partial charge in [0.1, 0.15) is 6.55 Å². The molecule has 0 saturated heterocycles. The summed E-state index contributed by atoms with van der Waals surface area (Å²) in [7, 11) is 0. The summed E-state index contributed by atoms with van der Waals surface area (Å²) in [5.41, 5.74) is -0.140. The third-order valence-corrected chi connectivity index (χ3v) is 4.88. The molecule has 0 aliphatic heterocycles. The average molecular weight is 214 g/mol. The predicted molar refractivity (Wildman–Crippen MR) is 56.2 cm³/mol. The molecular formula is C6H15O2PS2. The van der Waals surface area contributed by atoms with Gasteiger partial charge in [0, 0.05) is 5.41 Å². The summed E-state index contributed by atoms with van der Waals surface area (Å²) in [5, 5.41) is 8.88. The molecule has 0 aromatic heterocycles. The molecule has 0 fully saturated rings. The van der Waals surface area contributed by atoms with Crippen LogP contribution in [-0.2, 0) is 4.52 Å². The van der Waals surface area contributed by atoms with Gasteiger partial charge in [-0.3, -0.25) is 0 Å². The second-order valence-electron chi connectivity index (χ2n) is 3.02. The summed E-state index contributed by atoms with van der Waals surface area (Å²) in [5.74, 6) is 0. The molecule has 5 heteroatoms. The van der Waals surface area contributed by atoms with Crippen molar-refractivity contribution in [2.24, 2.45) is 5.41 Å². The normalized spacial score (nSPS) is 15.0. The number of thiol groups is 1. The molecule has 0 rings (SSSR count). The van der Waals surface area contributed by atoms with E-state index in [1.165, 1.54) is 0 Å². The zero-order chi connectivity index (χ0) is 8.91. The van der Waals surface area contributed by atoms with Crippen LogP contribution in [0.15, 0.2) is 0 Å². The quantitative estimate of drug-likeness (QED) is 0.544. The Labute approximate surface area is 78.8 Å². The molecule has 0 heterocycles. The Balaban J connectivity index is 3.52. The molecule has 0 radical (unpaired) electrons. The Hall–Kier alpha value is 1.05. The highest BCUT2D eigenvalue weighted by Gasteiger charge is 2.18. The van der Waals surface area contributed by atoms with Crippen molar-refractivity contribution >= 4 is 30.2 Å². The summed E-state index contributed by atoms with van der Waals surface area (Å²) < 4.78 is 5.38. The summed E-state index contributed by atoms with van der Waals surface area (Å²) in [6.45, 7) is 4.00. The summed E-state index contributed by atoms with van der Waals surface area (Å²) >= 11 is 5.81. The van der Waals surface area contributed by atoms with Gasteiger partial charge in [-0.05, 0) is 6.26 Å². The van der Waals surface area contributed by atoms with Crippen LogP contribution in [0.4, 0.5) is 0 Å². The van der Waals surface area contributed by atoms with Crippen LogP contribution in [0.2, 0.25) is 0 Å². The average Bonchev–Trinajstić information content (AvgIpc) is 2.00. The first kappa shape index (κ1) is 12.0. The minimum atomic E-state index is -0.648. The van der Waals surface area contributed by atoms with E-state index in [0.717, 1.165) is 0 Å². The van der Waals surface area contributed by atoms with Crippen LogP contribution >= 0.6 is 30.2 Å². The van der Waals surface area contributed by atoms with Crippen LogP contribution in [-0.4, -0.2) is 24.6 Å². The maximum atomic E-state index is 8.88. The first-order chi connectivity index (χ1) is 5.02. The van der Waals surface area contributed by atoms with Crippen LogP contribution in [0.5, 0.6) is 0 Å². The molecule has 0 aliphatic rings. The van der Waals surface area contributed by atoms with Crippen LogP contribution in [0.25, 0.3) is 0 Å². The van der Waals surface area contributed by atoms with E-state index in [2.05, 4.69) is 12.2 Å². The van der Waals surface area contributed by atoms with E-state index < -0.39 is 6.55 Å². The van der Waals surface area contributed by atoms with Gasteiger partial charge in [-0.2, -0.15) is 0 Å². The molecule has 68 valence electrons. The molecule has 0 spiro atoms. The number of aliphatic hydroxyl groups is 1. The third-order valence-electron chi connectivity index (χ3n) is 1.15. The topological polar surface area (TPSA) is 29.5 Å². The lowest BCUT2D eigenvalue weighted by Gasteiger charge is -2.22. The molecule has 0 aliphatic carbocycles. The van der Waals surface area contributed by atoms with Gasteiger partial charge < -0.3 is 9.63 Å². The zero-order valence-electron chi connectivity index (χ0n) is 7.07. The van der Waals surface area contributed by atoms with E-state index in [1.807, 2.05) is 20.1 Å². The number of rotatable bonds is 5. The number of hydrogen-bond donors (Lipinski definition) is 2. The van der Waals surface area contributed by atoms with Gasteiger partial charge in [0.05, 0.1) is 13.2 Å². The van der Waals surface area contributed by atoms with Crippen molar-refractivity contribution in [3.8, 4) is 0 Å². The van der Waals surface area contributed by atoms with E-state index in [1.54, 1.807) is 11.4 Å². The smallest absolute Gasteiger partial charge is 0.148 e. The first-order valence-corrected chi connectivity index (χ1v) is 7.53. The number of aliphatic hydroxyl groups excluding tert-OH is 1. The fourth-order valence-corrected chi connectivity index (χ4v) is 1.54. The van der Waals surface area contributed by atoms with E-state index in [4.69, 9.17) is 9.63 Å². The molecule has 11 heavy (non-hydrogen) atoms. The third kappa shape index (κ3) is 6.23. The van der Waals surface area contributed by atoms with Crippen LogP contribution in [0.1, 0.15) is 13.8 Å². The fraction of sp³-hybridized carbons (Fsp3) is 1.00. The van der Waals surface area contributed by atoms with E-state index in [0.29, 0.717) is 6.61 Å². The Morgan fingerprint density at radius 2 is 2.18 bits per heavy atom. The largest absolute Gasteiger partial charge is 0.396 e. The minimum absolute atomic E-state index is 0.140. The van der Waals surface area contributed by atoms with E-state index in [-0.39, 0.29) is 12.0 Å². The fourth-order valence-electron chi connectivity index (χ4n) is 0.328. The lowest BCUT2D eigenvalue weighted by atomic mass is 9.97. The highest BCUT2D eigenvalue weighted by atomic mass is 33.1. The van der Waals surface area contributed by atoms with Crippen LogP contribution in [0.3, 0.4) is 0 Å². The van der Waals surface area contributed by atoms with Gasteiger partial charge >= 0.3 is 0 Å². The minimum Gasteiger partial charge on any atom is -0.396 e. The Morgan fingerprint density at radius 1 is 1.64 bits per heavy atom. The highest BCUT2D eigenvalue weighted by Crippen LogP contribution is 2.53. The SMILES string of the molecule is CSP(S)OCC(C)(C)CO. The second-order valence-corrected chi connectivity index (χ2v) is 8.11. The molecule has 0 amide bonds. The number of hydrogen-bond acceptors (Lipinski definition) is 4. The Morgan fingerprint density at radius 3 is 2.55 bits per heavy atom. The maximum absolute atomic E-state index is 8.88. The molecular weight excluding hydrogens is 199 g/mol. The van der Waals surface area contributed by atoms with Crippen molar-refractivity contribution in [2.75, 3.05) is 19.5 Å². The van der Waals surface area contributed by atoms with Crippen molar-refractivity contribution in [1.29, 1.82) is 0 Å². The van der Waals surface area contributed by atoms with Crippen molar-refractivity contribution in [2.45, 2.75) is 13.8 Å². The molecule has 1 N–H and O–H groups in total. The summed E-state index contributed by atoms with van der Waals surface area (Å²) in [4.78, 5) is 0. The van der Waals surface area contributed by atoms with Gasteiger partial charge in [-0.25, -0.2) is 0 Å². The second kappa shape index (κ2) is 5.65. The molecule has 0 saturated carbocycles. The standard InChI is InChI=1S/C6H15O2PS2/c1-6(2,4-7)5-8-9(10)11-3/h7,10H,4-5H2,1-3H3. The monoisotopic (exact) mass is 214 g/mol. The van der Waals surface area contributed by atoms with Crippen molar-refractivity contribution < 1.29 is 9.63 Å². The molecule has 1 unspecified atom stereocenters. The highest BCUT2D eigenvalue weighted by molar-refractivity contribution is 8.82. The van der Waals surface area contributed by atoms with Crippen LogP contribution in [0, 0.1) is 5.41 Å². The predicted octanol–water partition coefficient (Wildman–Crippen LogP) is 2.54. The molecule has 2 nitrogen and oxygen atoms in total. The first-order valence-electron chi connectivity index (χ1n) is 3.29. The van der Waals surface area contributed by atoms with Gasteiger partial charge in [-0.15, -0.1) is 12.2 Å². The van der Waals surface area contributed by atoms with Crippen molar-refractivity contribution in [3.63, 3.8) is 0 Å². The van der Waals surface area contributed by atoms with E-state index >= 15 is 0 Å². The van der Waals surface area contributed by atoms with E-state index in [9.17, 15) is 0 Å². The van der Waals surface area contributed by atoms with Gasteiger partial charge in [0.2, 0.25) is 0 Å². The van der Waals surface area contributed by atoms with Gasteiger partial charge in [-0.1, -0.05) is 25.2 Å². The Bertz CT molecular complexity index is 111. The molecule has 1 atom stereocenters. The van der Waals surface area contributed by atoms with Gasteiger partial charge in [0.25, 0.3) is 0 Å². The van der Waals surface area contributed by atoms with Crippen molar-refractivity contribution in [3.05, 3.63) is 0 Å².